The van der Waals surface area contributed by atoms with Gasteiger partial charge in [0.15, 0.2) is 12.1 Å². The molecule has 22 heavy (non-hydrogen) atoms. The molecule has 1 rings (SSSR count). The van der Waals surface area contributed by atoms with Crippen LogP contribution >= 0.6 is 0 Å². The third-order valence-corrected chi connectivity index (χ3v) is 3.99. The summed E-state index contributed by atoms with van der Waals surface area (Å²) in [6.07, 6.45) is -2.23. The van der Waals surface area contributed by atoms with Crippen molar-refractivity contribution in [2.75, 3.05) is 11.3 Å². The van der Waals surface area contributed by atoms with Gasteiger partial charge in [0.25, 0.3) is 5.91 Å². The minimum atomic E-state index is -4.03. The first-order valence-electron chi connectivity index (χ1n) is 6.25. The molecule has 122 valence electrons. The summed E-state index contributed by atoms with van der Waals surface area (Å²) in [5, 5.41) is 11.1. The quantitative estimate of drug-likeness (QED) is 0.776. The molecule has 0 fully saturated rings. The molecule has 1 amide bonds. The predicted molar refractivity (Wildman–Crippen MR) is 75.9 cm³/mol. The Labute approximate surface area is 127 Å². The largest absolute Gasteiger partial charge is 0.479 e. The van der Waals surface area contributed by atoms with E-state index in [9.17, 15) is 22.4 Å². The molecule has 2 atom stereocenters. The van der Waals surface area contributed by atoms with Crippen LogP contribution in [0.3, 0.4) is 0 Å². The van der Waals surface area contributed by atoms with Crippen LogP contribution in [0.4, 0.5) is 10.1 Å². The summed E-state index contributed by atoms with van der Waals surface area (Å²) in [6.45, 7) is 2.64. The molecule has 0 heterocycles. The van der Waals surface area contributed by atoms with Gasteiger partial charge in [-0.05, 0) is 32.0 Å². The lowest BCUT2D eigenvalue weighted by atomic mass is 10.3. The first-order chi connectivity index (χ1) is 10.2. The molecule has 0 radical (unpaired) electrons. The first kappa shape index (κ1) is 18.1. The van der Waals surface area contributed by atoms with Gasteiger partial charge in [0.1, 0.15) is 6.10 Å². The molecule has 0 aliphatic carbocycles. The maximum absolute atomic E-state index is 12.4. The molecule has 2 unspecified atom stereocenters. The molecule has 0 aromatic heterocycles. The predicted octanol–water partition coefficient (Wildman–Crippen LogP) is 1.20. The molecule has 1 aromatic carbocycles. The SMILES string of the molecule is CC(OC(C)C(=O)Nc1cccc(S(=O)(=O)CF)c1)C(=O)O. The zero-order chi connectivity index (χ0) is 16.9. The van der Waals surface area contributed by atoms with Crippen molar-refractivity contribution < 1.29 is 32.2 Å². The van der Waals surface area contributed by atoms with Gasteiger partial charge < -0.3 is 15.2 Å². The minimum Gasteiger partial charge on any atom is -0.479 e. The van der Waals surface area contributed by atoms with E-state index in [0.717, 1.165) is 6.07 Å². The van der Waals surface area contributed by atoms with Crippen LogP contribution in [0.15, 0.2) is 29.2 Å². The van der Waals surface area contributed by atoms with E-state index in [-0.39, 0.29) is 10.6 Å². The van der Waals surface area contributed by atoms with Crippen LogP contribution in [-0.2, 0) is 24.2 Å². The molecule has 1 aromatic rings. The van der Waals surface area contributed by atoms with E-state index in [2.05, 4.69) is 5.32 Å². The number of amides is 1. The Kier molecular flexibility index (Phi) is 6.01. The van der Waals surface area contributed by atoms with Crippen LogP contribution in [0, 0.1) is 0 Å². The summed E-state index contributed by atoms with van der Waals surface area (Å²) in [6, 6.07) is 3.54. The van der Waals surface area contributed by atoms with Crippen LogP contribution in [0.1, 0.15) is 13.8 Å². The van der Waals surface area contributed by atoms with Crippen molar-refractivity contribution in [2.45, 2.75) is 31.0 Å². The number of rotatable bonds is 7. The maximum Gasteiger partial charge on any atom is 0.332 e. The highest BCUT2D eigenvalue weighted by atomic mass is 32.2. The standard InChI is InChI=1S/C13H16FNO6S/c1-8(21-9(2)13(17)18)12(16)15-10-4-3-5-11(6-10)22(19,20)7-14/h3-6,8-9H,7H2,1-2H3,(H,15,16)(H,17,18). The van der Waals surface area contributed by atoms with Crippen LogP contribution in [0.25, 0.3) is 0 Å². The summed E-state index contributed by atoms with van der Waals surface area (Å²) < 4.78 is 40.3. The number of carbonyl (C=O) groups is 2. The number of carbonyl (C=O) groups excluding carboxylic acids is 1. The highest BCUT2D eigenvalue weighted by Gasteiger charge is 2.21. The number of hydrogen-bond donors (Lipinski definition) is 2. The highest BCUT2D eigenvalue weighted by molar-refractivity contribution is 7.91. The Hall–Kier alpha value is -2.00. The Bertz CT molecular complexity index is 660. The molecule has 0 bridgehead atoms. The van der Waals surface area contributed by atoms with E-state index in [1.807, 2.05) is 0 Å². The number of alkyl halides is 1. The molecule has 7 nitrogen and oxygen atoms in total. The number of ether oxygens (including phenoxy) is 1. The fourth-order valence-corrected chi connectivity index (χ4v) is 2.22. The number of halogens is 1. The molecule has 0 saturated carbocycles. The van der Waals surface area contributed by atoms with E-state index in [4.69, 9.17) is 9.84 Å². The van der Waals surface area contributed by atoms with E-state index >= 15 is 0 Å². The van der Waals surface area contributed by atoms with Crippen molar-refractivity contribution in [3.8, 4) is 0 Å². The van der Waals surface area contributed by atoms with Gasteiger partial charge in [0.2, 0.25) is 9.84 Å². The Morgan fingerprint density at radius 3 is 2.50 bits per heavy atom. The van der Waals surface area contributed by atoms with Gasteiger partial charge in [-0.25, -0.2) is 17.6 Å². The second-order valence-electron chi connectivity index (χ2n) is 4.50. The van der Waals surface area contributed by atoms with Crippen molar-refractivity contribution in [3.05, 3.63) is 24.3 Å². The molecule has 2 N–H and O–H groups in total. The number of carboxylic acids is 1. The van der Waals surface area contributed by atoms with E-state index < -0.39 is 39.9 Å². The summed E-state index contributed by atoms with van der Waals surface area (Å²) in [7, 11) is -4.03. The lowest BCUT2D eigenvalue weighted by molar-refractivity contribution is -0.154. The van der Waals surface area contributed by atoms with Gasteiger partial charge in [0, 0.05) is 5.69 Å². The Balaban J connectivity index is 2.81. The number of sulfone groups is 1. The fraction of sp³-hybridized carbons (Fsp3) is 0.385. The number of carboxylic acid groups (broad SMARTS) is 1. The Morgan fingerprint density at radius 2 is 1.95 bits per heavy atom. The number of aliphatic carboxylic acids is 1. The summed E-state index contributed by atoms with van der Waals surface area (Å²) in [5.41, 5.74) is 0.137. The lowest BCUT2D eigenvalue weighted by Crippen LogP contribution is -2.33. The molecule has 0 saturated heterocycles. The zero-order valence-electron chi connectivity index (χ0n) is 11.9. The van der Waals surface area contributed by atoms with Crippen LogP contribution in [0.2, 0.25) is 0 Å². The van der Waals surface area contributed by atoms with E-state index in [1.165, 1.54) is 32.0 Å². The fourth-order valence-electron chi connectivity index (χ4n) is 1.50. The summed E-state index contributed by atoms with van der Waals surface area (Å²) in [4.78, 5) is 22.2. The lowest BCUT2D eigenvalue weighted by Gasteiger charge is -2.16. The number of hydrogen-bond acceptors (Lipinski definition) is 5. The monoisotopic (exact) mass is 333 g/mol. The summed E-state index contributed by atoms with van der Waals surface area (Å²) in [5.74, 6) is -1.86. The molecular weight excluding hydrogens is 317 g/mol. The number of anilines is 1. The zero-order valence-corrected chi connectivity index (χ0v) is 12.8. The van der Waals surface area contributed by atoms with Crippen molar-refractivity contribution in [3.63, 3.8) is 0 Å². The number of benzene rings is 1. The molecule has 0 aliphatic rings. The third kappa shape index (κ3) is 4.78. The molecule has 9 heteroatoms. The van der Waals surface area contributed by atoms with Crippen molar-refractivity contribution in [1.82, 2.24) is 0 Å². The third-order valence-electron chi connectivity index (χ3n) is 2.73. The highest BCUT2D eigenvalue weighted by Crippen LogP contribution is 2.17. The number of nitrogens with one attached hydrogen (secondary N) is 1. The average molecular weight is 333 g/mol. The van der Waals surface area contributed by atoms with E-state index in [1.54, 1.807) is 0 Å². The van der Waals surface area contributed by atoms with Gasteiger partial charge >= 0.3 is 5.97 Å². The van der Waals surface area contributed by atoms with Gasteiger partial charge in [-0.3, -0.25) is 4.79 Å². The van der Waals surface area contributed by atoms with Crippen molar-refractivity contribution in [1.29, 1.82) is 0 Å². The normalized spacial score (nSPS) is 14.1. The smallest absolute Gasteiger partial charge is 0.332 e. The van der Waals surface area contributed by atoms with Crippen molar-refractivity contribution in [2.24, 2.45) is 0 Å². The van der Waals surface area contributed by atoms with Crippen molar-refractivity contribution >= 4 is 27.4 Å². The molecule has 0 aliphatic heterocycles. The second-order valence-corrected chi connectivity index (χ2v) is 6.42. The van der Waals surface area contributed by atoms with Crippen LogP contribution in [-0.4, -0.2) is 43.6 Å². The second kappa shape index (κ2) is 7.32. The van der Waals surface area contributed by atoms with Gasteiger partial charge in [0.05, 0.1) is 4.90 Å². The molecule has 0 spiro atoms. The van der Waals surface area contributed by atoms with Crippen LogP contribution in [0.5, 0.6) is 0 Å². The first-order valence-corrected chi connectivity index (χ1v) is 7.90. The topological polar surface area (TPSA) is 110 Å². The Morgan fingerprint density at radius 1 is 1.32 bits per heavy atom. The van der Waals surface area contributed by atoms with E-state index in [0.29, 0.717) is 0 Å². The van der Waals surface area contributed by atoms with Gasteiger partial charge in [-0.15, -0.1) is 0 Å². The molecular formula is C13H16FNO6S. The van der Waals surface area contributed by atoms with Gasteiger partial charge in [-0.1, -0.05) is 6.07 Å². The average Bonchev–Trinajstić information content (AvgIpc) is 2.47. The minimum absolute atomic E-state index is 0.137. The van der Waals surface area contributed by atoms with Crippen LogP contribution < -0.4 is 5.32 Å². The summed E-state index contributed by atoms with van der Waals surface area (Å²) >= 11 is 0. The van der Waals surface area contributed by atoms with Gasteiger partial charge in [-0.2, -0.15) is 0 Å². The maximum atomic E-state index is 12.4.